The highest BCUT2D eigenvalue weighted by Gasteiger charge is 2.22. The molecular weight excluding hydrogens is 393 g/mol. The lowest BCUT2D eigenvalue weighted by Crippen LogP contribution is -2.41. The predicted molar refractivity (Wildman–Crippen MR) is 110 cm³/mol. The lowest BCUT2D eigenvalue weighted by Gasteiger charge is -2.32. The van der Waals surface area contributed by atoms with Crippen molar-refractivity contribution in [3.8, 4) is 0 Å². The monoisotopic (exact) mass is 419 g/mol. The fourth-order valence-corrected chi connectivity index (χ4v) is 4.01. The summed E-state index contributed by atoms with van der Waals surface area (Å²) in [6.45, 7) is 6.95. The summed E-state index contributed by atoms with van der Waals surface area (Å²) in [5.74, 6) is -0.211. The van der Waals surface area contributed by atoms with Gasteiger partial charge in [0.25, 0.3) is 5.91 Å². The molecule has 2 aromatic rings. The Morgan fingerprint density at radius 1 is 1.28 bits per heavy atom. The molecule has 0 bridgehead atoms. The van der Waals surface area contributed by atoms with Crippen LogP contribution in [0.3, 0.4) is 0 Å². The molecule has 1 aliphatic rings. The number of nitrogens with one attached hydrogen (secondary N) is 2. The van der Waals surface area contributed by atoms with Crippen molar-refractivity contribution in [3.05, 3.63) is 40.1 Å². The van der Waals surface area contributed by atoms with Crippen molar-refractivity contribution in [2.75, 3.05) is 25.0 Å². The summed E-state index contributed by atoms with van der Waals surface area (Å²) in [5, 5.41) is 14.9. The van der Waals surface area contributed by atoms with Crippen LogP contribution < -0.4 is 10.6 Å². The van der Waals surface area contributed by atoms with Gasteiger partial charge in [-0.25, -0.2) is 4.39 Å². The van der Waals surface area contributed by atoms with Crippen LogP contribution in [-0.4, -0.2) is 46.5 Å². The molecule has 2 N–H and O–H groups in total. The number of nitrogens with zero attached hydrogens (tertiary/aromatic N) is 3. The summed E-state index contributed by atoms with van der Waals surface area (Å²) in [6.07, 6.45) is 2.16. The third-order valence-electron chi connectivity index (χ3n) is 4.81. The van der Waals surface area contributed by atoms with Gasteiger partial charge in [-0.15, -0.1) is 10.2 Å². The average molecular weight is 420 g/mol. The molecule has 2 heterocycles. The van der Waals surface area contributed by atoms with Crippen molar-refractivity contribution >= 4 is 28.8 Å². The molecule has 156 valence electrons. The fourth-order valence-electron chi connectivity index (χ4n) is 3.23. The van der Waals surface area contributed by atoms with Gasteiger partial charge in [0.05, 0.1) is 6.54 Å². The molecule has 1 fully saturated rings. The maximum Gasteiger partial charge on any atom is 0.286 e. The maximum atomic E-state index is 13.0. The number of aromatic nitrogens is 2. The van der Waals surface area contributed by atoms with E-state index in [2.05, 4.69) is 25.7 Å². The lowest BCUT2D eigenvalue weighted by molar-refractivity contribution is -0.124. The molecule has 29 heavy (non-hydrogen) atoms. The van der Waals surface area contributed by atoms with Gasteiger partial charge in [-0.3, -0.25) is 14.5 Å². The molecule has 3 rings (SSSR count). The number of benzene rings is 1. The van der Waals surface area contributed by atoms with E-state index in [-0.39, 0.29) is 28.6 Å². The summed E-state index contributed by atoms with van der Waals surface area (Å²) in [4.78, 5) is 26.4. The van der Waals surface area contributed by atoms with Crippen molar-refractivity contribution in [2.45, 2.75) is 33.2 Å². The molecule has 0 saturated carbocycles. The van der Waals surface area contributed by atoms with Crippen LogP contribution >= 0.6 is 11.3 Å². The van der Waals surface area contributed by atoms with E-state index in [0.29, 0.717) is 24.7 Å². The molecule has 1 aromatic carbocycles. The third kappa shape index (κ3) is 6.30. The molecule has 9 heteroatoms. The second-order valence-electron chi connectivity index (χ2n) is 7.61. The summed E-state index contributed by atoms with van der Waals surface area (Å²) in [7, 11) is 0. The zero-order valence-corrected chi connectivity index (χ0v) is 17.5. The van der Waals surface area contributed by atoms with Crippen LogP contribution in [-0.2, 0) is 11.3 Å². The summed E-state index contributed by atoms with van der Waals surface area (Å²) >= 11 is 1.26. The second kappa shape index (κ2) is 9.89. The molecular formula is C20H26FN5O2S. The highest BCUT2D eigenvalue weighted by Crippen LogP contribution is 2.20. The molecule has 1 aliphatic heterocycles. The van der Waals surface area contributed by atoms with Gasteiger partial charge in [-0.1, -0.05) is 25.2 Å². The van der Waals surface area contributed by atoms with Crippen molar-refractivity contribution in [3.63, 3.8) is 0 Å². The van der Waals surface area contributed by atoms with Crippen molar-refractivity contribution in [1.82, 2.24) is 20.4 Å². The molecule has 1 unspecified atom stereocenters. The molecule has 1 atom stereocenters. The van der Waals surface area contributed by atoms with Gasteiger partial charge < -0.3 is 10.6 Å². The minimum atomic E-state index is -0.357. The van der Waals surface area contributed by atoms with Gasteiger partial charge in [0.1, 0.15) is 10.8 Å². The minimum absolute atomic E-state index is 0.00411. The first-order chi connectivity index (χ1) is 13.9. The van der Waals surface area contributed by atoms with Crippen LogP contribution in [0.5, 0.6) is 0 Å². The van der Waals surface area contributed by atoms with Gasteiger partial charge in [0.2, 0.25) is 10.9 Å². The molecule has 0 spiro atoms. The molecule has 0 aliphatic carbocycles. The summed E-state index contributed by atoms with van der Waals surface area (Å²) < 4.78 is 13.0. The van der Waals surface area contributed by atoms with Gasteiger partial charge in [-0.05, 0) is 49.6 Å². The van der Waals surface area contributed by atoms with E-state index in [4.69, 9.17) is 0 Å². The molecule has 0 radical (unpaired) electrons. The topological polar surface area (TPSA) is 87.2 Å². The Kier molecular flexibility index (Phi) is 7.27. The van der Waals surface area contributed by atoms with Crippen LogP contribution in [0.15, 0.2) is 24.3 Å². The number of halogens is 1. The van der Waals surface area contributed by atoms with Crippen molar-refractivity contribution in [1.29, 1.82) is 0 Å². The fraction of sp³-hybridized carbons (Fsp3) is 0.500. The highest BCUT2D eigenvalue weighted by molar-refractivity contribution is 7.13. The number of carbonyl (C=O) groups is 2. The Bertz CT molecular complexity index is 840. The Balaban J connectivity index is 1.50. The van der Waals surface area contributed by atoms with Crippen LogP contribution in [0.1, 0.15) is 41.5 Å². The molecule has 1 saturated heterocycles. The van der Waals surface area contributed by atoms with E-state index in [1.54, 1.807) is 0 Å². The molecule has 7 nitrogen and oxygen atoms in total. The average Bonchev–Trinajstić information content (AvgIpc) is 3.16. The van der Waals surface area contributed by atoms with E-state index in [1.165, 1.54) is 35.6 Å². The largest absolute Gasteiger partial charge is 0.356 e. The van der Waals surface area contributed by atoms with Crippen LogP contribution in [0.2, 0.25) is 0 Å². The number of hydrogen-bond acceptors (Lipinski definition) is 6. The van der Waals surface area contributed by atoms with E-state index in [0.717, 1.165) is 30.9 Å². The third-order valence-corrected chi connectivity index (χ3v) is 5.72. The van der Waals surface area contributed by atoms with E-state index < -0.39 is 0 Å². The first-order valence-electron chi connectivity index (χ1n) is 9.80. The normalized spacial score (nSPS) is 17.3. The summed E-state index contributed by atoms with van der Waals surface area (Å²) in [5.41, 5.74) is 0.510. The maximum absolute atomic E-state index is 13.0. The predicted octanol–water partition coefficient (Wildman–Crippen LogP) is 2.91. The molecule has 1 aromatic heterocycles. The van der Waals surface area contributed by atoms with E-state index in [1.807, 2.05) is 13.8 Å². The zero-order valence-electron chi connectivity index (χ0n) is 16.7. The van der Waals surface area contributed by atoms with E-state index in [9.17, 15) is 14.0 Å². The van der Waals surface area contributed by atoms with Gasteiger partial charge in [0.15, 0.2) is 0 Å². The Morgan fingerprint density at radius 2 is 2.03 bits per heavy atom. The zero-order chi connectivity index (χ0) is 20.8. The second-order valence-corrected chi connectivity index (χ2v) is 8.67. The Hall–Kier alpha value is -2.39. The number of rotatable bonds is 7. The SMILES string of the molecule is CC(C)C(=O)NCC1CCCN(Cc2nnc(C(=O)Nc3ccc(F)cc3)s2)C1. The van der Waals surface area contributed by atoms with Gasteiger partial charge in [0, 0.05) is 24.7 Å². The Labute approximate surface area is 173 Å². The van der Waals surface area contributed by atoms with Crippen LogP contribution in [0, 0.1) is 17.7 Å². The number of carbonyl (C=O) groups excluding carboxylic acids is 2. The number of likely N-dealkylation sites (tertiary alicyclic amines) is 1. The van der Waals surface area contributed by atoms with Crippen molar-refractivity contribution in [2.24, 2.45) is 11.8 Å². The van der Waals surface area contributed by atoms with Gasteiger partial charge in [-0.2, -0.15) is 0 Å². The Morgan fingerprint density at radius 3 is 2.76 bits per heavy atom. The highest BCUT2D eigenvalue weighted by atomic mass is 32.1. The quantitative estimate of drug-likeness (QED) is 0.721. The lowest BCUT2D eigenvalue weighted by atomic mass is 9.98. The molecule has 2 amide bonds. The van der Waals surface area contributed by atoms with Gasteiger partial charge >= 0.3 is 0 Å². The first-order valence-corrected chi connectivity index (χ1v) is 10.6. The number of piperidine rings is 1. The standard InChI is InChI=1S/C20H26FN5O2S/c1-13(2)18(27)22-10-14-4-3-9-26(11-14)12-17-24-25-20(29-17)19(28)23-16-7-5-15(21)6-8-16/h5-8,13-14H,3-4,9-12H2,1-2H3,(H,22,27)(H,23,28). The minimum Gasteiger partial charge on any atom is -0.356 e. The smallest absolute Gasteiger partial charge is 0.286 e. The first kappa shape index (κ1) is 21.3. The van der Waals surface area contributed by atoms with Crippen LogP contribution in [0.4, 0.5) is 10.1 Å². The number of amides is 2. The number of anilines is 1. The van der Waals surface area contributed by atoms with Crippen LogP contribution in [0.25, 0.3) is 0 Å². The van der Waals surface area contributed by atoms with Crippen molar-refractivity contribution < 1.29 is 14.0 Å². The number of hydrogen-bond donors (Lipinski definition) is 2. The van der Waals surface area contributed by atoms with E-state index >= 15 is 0 Å². The summed E-state index contributed by atoms with van der Waals surface area (Å²) in [6, 6.07) is 5.58.